The lowest BCUT2D eigenvalue weighted by Crippen LogP contribution is -2.45. The van der Waals surface area contributed by atoms with Gasteiger partial charge in [0.05, 0.1) is 11.1 Å². The summed E-state index contributed by atoms with van der Waals surface area (Å²) in [4.78, 5) is 23.6. The Morgan fingerprint density at radius 2 is 2.10 bits per heavy atom. The Hall–Kier alpha value is -1.49. The summed E-state index contributed by atoms with van der Waals surface area (Å²) in [6.45, 7) is 0.797. The molecule has 1 aromatic heterocycles. The predicted octanol–water partition coefficient (Wildman–Crippen LogP) is 3.41. The lowest BCUT2D eigenvalue weighted by Gasteiger charge is -2.37. The van der Waals surface area contributed by atoms with Gasteiger partial charge in [0, 0.05) is 30.3 Å². The van der Waals surface area contributed by atoms with E-state index in [9.17, 15) is 4.79 Å². The number of amides is 1. The molecule has 1 aromatic carbocycles. The van der Waals surface area contributed by atoms with Crippen molar-refractivity contribution in [2.45, 2.75) is 31.7 Å². The fourth-order valence-corrected chi connectivity index (χ4v) is 2.95. The van der Waals surface area contributed by atoms with Crippen LogP contribution in [-0.2, 0) is 0 Å². The van der Waals surface area contributed by atoms with Gasteiger partial charge >= 0.3 is 0 Å². The fraction of sp³-hybridized carbons (Fsp3) is 0.438. The summed E-state index contributed by atoms with van der Waals surface area (Å²) in [7, 11) is 0. The highest BCUT2D eigenvalue weighted by Gasteiger charge is 2.29. The molecular weight excluding hydrogens is 330 g/mol. The molecule has 0 unspecified atom stereocenters. The molecule has 0 saturated heterocycles. The van der Waals surface area contributed by atoms with Crippen LogP contribution in [0.2, 0.25) is 0 Å². The maximum absolute atomic E-state index is 12.9. The van der Waals surface area contributed by atoms with Gasteiger partial charge in [0.2, 0.25) is 0 Å². The molecular formula is C16H18BrN3O. The second-order valence-electron chi connectivity index (χ2n) is 5.36. The van der Waals surface area contributed by atoms with Gasteiger partial charge in [0.1, 0.15) is 5.52 Å². The molecule has 0 N–H and O–H groups in total. The fourth-order valence-electron chi connectivity index (χ4n) is 2.70. The molecule has 1 aliphatic carbocycles. The van der Waals surface area contributed by atoms with Crippen molar-refractivity contribution >= 4 is 32.9 Å². The first-order valence-corrected chi connectivity index (χ1v) is 8.50. The van der Waals surface area contributed by atoms with Crippen molar-refractivity contribution in [1.82, 2.24) is 14.9 Å². The average molecular weight is 348 g/mol. The van der Waals surface area contributed by atoms with Gasteiger partial charge in [0.15, 0.2) is 0 Å². The van der Waals surface area contributed by atoms with Gasteiger partial charge in [-0.15, -0.1) is 0 Å². The molecule has 1 aliphatic rings. The smallest absolute Gasteiger partial charge is 0.256 e. The number of fused-ring (bicyclic) bond motifs is 1. The van der Waals surface area contributed by atoms with Gasteiger partial charge < -0.3 is 4.90 Å². The second kappa shape index (κ2) is 6.52. The monoisotopic (exact) mass is 347 g/mol. The van der Waals surface area contributed by atoms with Gasteiger partial charge in [-0.25, -0.2) is 0 Å². The van der Waals surface area contributed by atoms with Crippen LogP contribution in [0.15, 0.2) is 30.6 Å². The Kier molecular flexibility index (Phi) is 4.48. The van der Waals surface area contributed by atoms with Crippen LogP contribution < -0.4 is 0 Å². The number of carbonyl (C=O) groups is 1. The molecule has 1 saturated carbocycles. The highest BCUT2D eigenvalue weighted by molar-refractivity contribution is 9.09. The molecule has 110 valence electrons. The minimum atomic E-state index is 0.0896. The number of halogens is 1. The van der Waals surface area contributed by atoms with Crippen molar-refractivity contribution in [3.63, 3.8) is 0 Å². The van der Waals surface area contributed by atoms with Crippen molar-refractivity contribution in [2.24, 2.45) is 0 Å². The largest absolute Gasteiger partial charge is 0.336 e. The average Bonchev–Trinajstić information content (AvgIpc) is 2.48. The maximum atomic E-state index is 12.9. The maximum Gasteiger partial charge on any atom is 0.256 e. The van der Waals surface area contributed by atoms with Crippen LogP contribution in [0.3, 0.4) is 0 Å². The molecule has 3 rings (SSSR count). The zero-order chi connectivity index (χ0) is 14.7. The van der Waals surface area contributed by atoms with E-state index in [1.54, 1.807) is 12.4 Å². The minimum Gasteiger partial charge on any atom is -0.336 e. The van der Waals surface area contributed by atoms with E-state index in [4.69, 9.17) is 0 Å². The van der Waals surface area contributed by atoms with Crippen molar-refractivity contribution in [1.29, 1.82) is 0 Å². The van der Waals surface area contributed by atoms with Gasteiger partial charge in [-0.1, -0.05) is 22.0 Å². The lowest BCUT2D eigenvalue weighted by molar-refractivity contribution is 0.0583. The number of rotatable bonds is 5. The van der Waals surface area contributed by atoms with Gasteiger partial charge in [-0.3, -0.25) is 14.8 Å². The molecule has 0 atom stereocenters. The normalized spacial score (nSPS) is 14.9. The molecule has 2 aromatic rings. The number of alkyl halides is 1. The Balaban J connectivity index is 1.93. The first-order valence-electron chi connectivity index (χ1n) is 7.38. The number of aromatic nitrogens is 2. The van der Waals surface area contributed by atoms with Gasteiger partial charge in [0.25, 0.3) is 5.91 Å². The van der Waals surface area contributed by atoms with E-state index in [-0.39, 0.29) is 5.91 Å². The summed E-state index contributed by atoms with van der Waals surface area (Å²) < 4.78 is 0. The van der Waals surface area contributed by atoms with E-state index >= 15 is 0 Å². The van der Waals surface area contributed by atoms with Gasteiger partial charge in [-0.05, 0) is 37.8 Å². The molecule has 1 fully saturated rings. The summed E-state index contributed by atoms with van der Waals surface area (Å²) in [5.41, 5.74) is 2.15. The summed E-state index contributed by atoms with van der Waals surface area (Å²) in [6, 6.07) is 6.03. The summed E-state index contributed by atoms with van der Waals surface area (Å²) in [5.74, 6) is 0.0896. The number of hydrogen-bond donors (Lipinski definition) is 0. The molecule has 1 heterocycles. The Morgan fingerprint density at radius 1 is 1.29 bits per heavy atom. The van der Waals surface area contributed by atoms with Gasteiger partial charge in [-0.2, -0.15) is 0 Å². The zero-order valence-electron chi connectivity index (χ0n) is 11.8. The van der Waals surface area contributed by atoms with E-state index in [0.717, 1.165) is 36.7 Å². The minimum absolute atomic E-state index is 0.0896. The molecule has 0 spiro atoms. The van der Waals surface area contributed by atoms with Crippen molar-refractivity contribution in [2.75, 3.05) is 11.9 Å². The van der Waals surface area contributed by atoms with Crippen molar-refractivity contribution in [3.05, 3.63) is 36.2 Å². The van der Waals surface area contributed by atoms with Crippen molar-refractivity contribution in [3.8, 4) is 0 Å². The Morgan fingerprint density at radius 3 is 2.81 bits per heavy atom. The van der Waals surface area contributed by atoms with E-state index in [1.807, 2.05) is 23.1 Å². The predicted molar refractivity (Wildman–Crippen MR) is 86.6 cm³/mol. The standard InChI is InChI=1S/C16H18BrN3O/c17-8-3-11-20(12-4-1-5-12)16(21)13-6-2-7-14-15(13)19-10-9-18-14/h2,6-7,9-10,12H,1,3-5,8,11H2. The third-order valence-corrected chi connectivity index (χ3v) is 4.60. The SMILES string of the molecule is O=C(c1cccc2nccnc12)N(CCCBr)C1CCC1. The Labute approximate surface area is 132 Å². The molecule has 1 amide bonds. The quantitative estimate of drug-likeness (QED) is 0.778. The molecule has 21 heavy (non-hydrogen) atoms. The van der Waals surface area contributed by atoms with E-state index in [1.165, 1.54) is 6.42 Å². The van der Waals surface area contributed by atoms with Crippen LogP contribution in [0.4, 0.5) is 0 Å². The number of nitrogens with zero attached hydrogens (tertiary/aromatic N) is 3. The summed E-state index contributed by atoms with van der Waals surface area (Å²) >= 11 is 3.45. The molecule has 0 radical (unpaired) electrons. The summed E-state index contributed by atoms with van der Waals surface area (Å²) in [6.07, 6.45) is 7.72. The van der Waals surface area contributed by atoms with E-state index < -0.39 is 0 Å². The van der Waals surface area contributed by atoms with Crippen LogP contribution in [0.5, 0.6) is 0 Å². The third kappa shape index (κ3) is 2.93. The molecule has 0 bridgehead atoms. The van der Waals surface area contributed by atoms with Crippen LogP contribution in [0, 0.1) is 0 Å². The summed E-state index contributed by atoms with van der Waals surface area (Å²) in [5, 5.41) is 0.916. The molecule has 5 heteroatoms. The first kappa shape index (κ1) is 14.4. The zero-order valence-corrected chi connectivity index (χ0v) is 13.4. The lowest BCUT2D eigenvalue weighted by atomic mass is 9.90. The molecule has 4 nitrogen and oxygen atoms in total. The molecule has 0 aliphatic heterocycles. The Bertz CT molecular complexity index is 637. The van der Waals surface area contributed by atoms with E-state index in [2.05, 4.69) is 25.9 Å². The van der Waals surface area contributed by atoms with Crippen molar-refractivity contribution < 1.29 is 4.79 Å². The van der Waals surface area contributed by atoms with Crippen LogP contribution >= 0.6 is 15.9 Å². The number of hydrogen-bond acceptors (Lipinski definition) is 3. The number of para-hydroxylation sites is 1. The van der Waals surface area contributed by atoms with Crippen LogP contribution in [0.1, 0.15) is 36.0 Å². The topological polar surface area (TPSA) is 46.1 Å². The number of carbonyl (C=O) groups excluding carboxylic acids is 1. The van der Waals surface area contributed by atoms with E-state index in [0.29, 0.717) is 17.1 Å². The third-order valence-electron chi connectivity index (χ3n) is 4.04. The highest BCUT2D eigenvalue weighted by atomic mass is 79.9. The highest BCUT2D eigenvalue weighted by Crippen LogP contribution is 2.27. The van der Waals surface area contributed by atoms with Crippen LogP contribution in [0.25, 0.3) is 11.0 Å². The first-order chi connectivity index (χ1) is 10.3. The van der Waals surface area contributed by atoms with Crippen LogP contribution in [-0.4, -0.2) is 38.7 Å². The second-order valence-corrected chi connectivity index (χ2v) is 6.15. The number of benzene rings is 1.